The molecule has 1 atom stereocenters. The quantitative estimate of drug-likeness (QED) is 0.498. The van der Waals surface area contributed by atoms with Crippen LogP contribution in [-0.4, -0.2) is 42.1 Å². The number of amides is 1. The maximum absolute atomic E-state index is 13.1. The van der Waals surface area contributed by atoms with E-state index in [1.165, 1.54) is 11.1 Å². The zero-order valence-electron chi connectivity index (χ0n) is 19.3. The van der Waals surface area contributed by atoms with Crippen LogP contribution in [0.5, 0.6) is 11.5 Å². The van der Waals surface area contributed by atoms with Crippen LogP contribution in [-0.2, 0) is 17.0 Å². The van der Waals surface area contributed by atoms with Crippen LogP contribution < -0.4 is 9.47 Å². The van der Waals surface area contributed by atoms with Gasteiger partial charge in [0, 0.05) is 23.8 Å². The first kappa shape index (κ1) is 22.2. The molecule has 0 aromatic heterocycles. The highest BCUT2D eigenvalue weighted by atomic mass is 32.2. The summed E-state index contributed by atoms with van der Waals surface area (Å²) in [5, 5.41) is 0.756. The molecule has 0 unspecified atom stereocenters. The Morgan fingerprint density at radius 1 is 0.912 bits per heavy atom. The van der Waals surface area contributed by atoms with E-state index < -0.39 is 6.04 Å². The summed E-state index contributed by atoms with van der Waals surface area (Å²) in [4.78, 5) is 24.6. The van der Waals surface area contributed by atoms with E-state index in [0.29, 0.717) is 29.4 Å². The van der Waals surface area contributed by atoms with E-state index in [1.807, 2.05) is 47.4 Å². The van der Waals surface area contributed by atoms with E-state index in [-0.39, 0.29) is 5.91 Å². The van der Waals surface area contributed by atoms with E-state index in [1.54, 1.807) is 26.0 Å². The monoisotopic (exact) mass is 471 g/mol. The van der Waals surface area contributed by atoms with Gasteiger partial charge in [-0.3, -0.25) is 9.69 Å². The van der Waals surface area contributed by atoms with Crippen molar-refractivity contribution in [3.63, 3.8) is 0 Å². The molecule has 0 saturated carbocycles. The Balaban J connectivity index is 1.55. The van der Waals surface area contributed by atoms with Crippen molar-refractivity contribution in [1.29, 1.82) is 0 Å². The molecule has 0 N–H and O–H groups in total. The van der Waals surface area contributed by atoms with E-state index >= 15 is 0 Å². The third-order valence-corrected chi connectivity index (χ3v) is 6.95. The molecule has 3 aromatic rings. The molecule has 0 fully saturated rings. The number of benzene rings is 3. The van der Waals surface area contributed by atoms with Gasteiger partial charge in [-0.15, -0.1) is 0 Å². The largest absolute Gasteiger partial charge is 0.493 e. The minimum atomic E-state index is -0.442. The highest BCUT2D eigenvalue weighted by Gasteiger charge is 2.42. The molecule has 0 saturated heterocycles. The number of nitrogens with zero attached hydrogens (tertiary/aromatic N) is 3. The van der Waals surface area contributed by atoms with Crippen LogP contribution in [0.1, 0.15) is 22.3 Å². The molecule has 2 aliphatic rings. The van der Waals surface area contributed by atoms with Crippen molar-refractivity contribution in [3.8, 4) is 11.5 Å². The number of carbonyl (C=O) groups is 1. The van der Waals surface area contributed by atoms with Crippen LogP contribution in [0.3, 0.4) is 0 Å². The smallest absolute Gasteiger partial charge is 0.271 e. The molecule has 6 nitrogen and oxygen atoms in total. The van der Waals surface area contributed by atoms with Crippen molar-refractivity contribution in [3.05, 3.63) is 89.0 Å². The fraction of sp³-hybridized carbons (Fsp3) is 0.222. The lowest BCUT2D eigenvalue weighted by Crippen LogP contribution is -2.44. The van der Waals surface area contributed by atoms with Crippen LogP contribution in [0.2, 0.25) is 0 Å². The average molecular weight is 472 g/mol. The van der Waals surface area contributed by atoms with Gasteiger partial charge in [-0.2, -0.15) is 4.99 Å². The molecule has 3 aromatic carbocycles. The fourth-order valence-electron chi connectivity index (χ4n) is 4.27. The predicted octanol–water partition coefficient (Wildman–Crippen LogP) is 5.15. The molecular weight excluding hydrogens is 446 g/mol. The highest BCUT2D eigenvalue weighted by Crippen LogP contribution is 2.41. The van der Waals surface area contributed by atoms with Gasteiger partial charge in [-0.25, -0.2) is 4.99 Å². The van der Waals surface area contributed by atoms with Crippen molar-refractivity contribution in [2.24, 2.45) is 9.98 Å². The first-order valence-corrected chi connectivity index (χ1v) is 12.0. The second kappa shape index (κ2) is 9.35. The SMILES string of the molecule is COc1cc2c(cc1OC)C1=NC(=O)[C@@H](Cc3ccccc3)N1C(SCc1cccc(C)c1)=N2. The van der Waals surface area contributed by atoms with Crippen LogP contribution in [0.4, 0.5) is 5.69 Å². The van der Waals surface area contributed by atoms with Gasteiger partial charge in [0.2, 0.25) is 0 Å². The summed E-state index contributed by atoms with van der Waals surface area (Å²) in [7, 11) is 3.19. The summed E-state index contributed by atoms with van der Waals surface area (Å²) in [6, 6.07) is 21.7. The van der Waals surface area contributed by atoms with E-state index in [9.17, 15) is 4.79 Å². The third-order valence-electron chi connectivity index (χ3n) is 5.93. The Kier molecular flexibility index (Phi) is 6.11. The van der Waals surface area contributed by atoms with Gasteiger partial charge in [0.1, 0.15) is 11.9 Å². The Labute approximate surface area is 203 Å². The molecule has 34 heavy (non-hydrogen) atoms. The summed E-state index contributed by atoms with van der Waals surface area (Å²) in [5.41, 5.74) is 4.98. The minimum absolute atomic E-state index is 0.162. The van der Waals surface area contributed by atoms with Gasteiger partial charge in [0.25, 0.3) is 5.91 Å². The molecular formula is C27H25N3O3S. The predicted molar refractivity (Wildman–Crippen MR) is 136 cm³/mol. The maximum atomic E-state index is 13.1. The summed E-state index contributed by atoms with van der Waals surface area (Å²) >= 11 is 1.61. The number of aryl methyl sites for hydroxylation is 1. The second-order valence-corrected chi connectivity index (χ2v) is 9.19. The van der Waals surface area contributed by atoms with Crippen LogP contribution in [0.25, 0.3) is 0 Å². The zero-order valence-corrected chi connectivity index (χ0v) is 20.1. The standard InChI is InChI=1S/C27H25N3O3S/c1-17-8-7-11-19(12-17)16-34-27-28-21-15-24(33-3)23(32-2)14-20(21)25-29-26(31)22(30(25)27)13-18-9-5-4-6-10-18/h4-12,14-15,22H,13,16H2,1-3H3/t22-/m1/s1. The van der Waals surface area contributed by atoms with Gasteiger partial charge in [-0.05, 0) is 24.1 Å². The Hall–Kier alpha value is -3.58. The van der Waals surface area contributed by atoms with E-state index in [4.69, 9.17) is 14.5 Å². The van der Waals surface area contributed by atoms with E-state index in [2.05, 4.69) is 36.2 Å². The molecule has 0 spiro atoms. The van der Waals surface area contributed by atoms with Crippen molar-refractivity contribution in [1.82, 2.24) is 4.90 Å². The van der Waals surface area contributed by atoms with Crippen LogP contribution in [0.15, 0.2) is 76.7 Å². The van der Waals surface area contributed by atoms with E-state index in [0.717, 1.165) is 22.0 Å². The van der Waals surface area contributed by atoms with Crippen LogP contribution in [0, 0.1) is 6.92 Å². The molecule has 2 heterocycles. The summed E-state index contributed by atoms with van der Waals surface area (Å²) in [5.74, 6) is 2.36. The lowest BCUT2D eigenvalue weighted by atomic mass is 10.0. The number of amidine groups is 2. The number of carbonyl (C=O) groups excluding carboxylic acids is 1. The summed E-state index contributed by atoms with van der Waals surface area (Å²) in [6.45, 7) is 2.09. The fourth-order valence-corrected chi connectivity index (χ4v) is 5.26. The molecule has 0 radical (unpaired) electrons. The summed E-state index contributed by atoms with van der Waals surface area (Å²) < 4.78 is 11.0. The van der Waals surface area contributed by atoms with Gasteiger partial charge in [0.15, 0.2) is 16.7 Å². The molecule has 0 aliphatic carbocycles. The highest BCUT2D eigenvalue weighted by molar-refractivity contribution is 8.13. The van der Waals surface area contributed by atoms with Gasteiger partial charge < -0.3 is 9.47 Å². The maximum Gasteiger partial charge on any atom is 0.271 e. The second-order valence-electron chi connectivity index (χ2n) is 8.25. The Bertz CT molecular complexity index is 1300. The Morgan fingerprint density at radius 2 is 1.65 bits per heavy atom. The van der Waals surface area contributed by atoms with Crippen molar-refractivity contribution in [2.75, 3.05) is 14.2 Å². The number of hydrogen-bond acceptors (Lipinski definition) is 6. The number of hydrogen-bond donors (Lipinski definition) is 0. The molecule has 172 valence electrons. The lowest BCUT2D eigenvalue weighted by Gasteiger charge is -2.31. The van der Waals surface area contributed by atoms with Gasteiger partial charge >= 0.3 is 0 Å². The van der Waals surface area contributed by atoms with Gasteiger partial charge in [0.05, 0.1) is 19.9 Å². The Morgan fingerprint density at radius 3 is 2.38 bits per heavy atom. The van der Waals surface area contributed by atoms with Crippen LogP contribution >= 0.6 is 11.8 Å². The number of aliphatic imine (C=N–C) groups is 2. The number of methoxy groups -OCH3 is 2. The summed E-state index contributed by atoms with van der Waals surface area (Å²) in [6.07, 6.45) is 0.555. The van der Waals surface area contributed by atoms with Crippen molar-refractivity contribution < 1.29 is 14.3 Å². The number of fused-ring (bicyclic) bond motifs is 3. The molecule has 5 rings (SSSR count). The molecule has 7 heteroatoms. The first-order chi connectivity index (χ1) is 16.6. The topological polar surface area (TPSA) is 63.5 Å². The molecule has 1 amide bonds. The van der Waals surface area contributed by atoms with Gasteiger partial charge in [-0.1, -0.05) is 71.9 Å². The zero-order chi connectivity index (χ0) is 23.7. The van der Waals surface area contributed by atoms with Crippen molar-refractivity contribution >= 4 is 34.4 Å². The third kappa shape index (κ3) is 4.19. The average Bonchev–Trinajstić information content (AvgIpc) is 3.18. The molecule has 2 aliphatic heterocycles. The number of ether oxygens (including phenoxy) is 2. The first-order valence-electron chi connectivity index (χ1n) is 11.1. The normalized spacial score (nSPS) is 16.5. The lowest BCUT2D eigenvalue weighted by molar-refractivity contribution is -0.119. The molecule has 0 bridgehead atoms. The number of rotatable bonds is 6. The number of thioether (sulfide) groups is 1. The minimum Gasteiger partial charge on any atom is -0.493 e. The van der Waals surface area contributed by atoms with Crippen molar-refractivity contribution in [2.45, 2.75) is 25.1 Å².